The van der Waals surface area contributed by atoms with Crippen LogP contribution in [0, 0.1) is 5.92 Å². The van der Waals surface area contributed by atoms with Gasteiger partial charge in [-0.05, 0) is 46.1 Å². The largest absolute Gasteiger partial charge is 0.337 e. The topological polar surface area (TPSA) is 32.3 Å². The summed E-state index contributed by atoms with van der Waals surface area (Å²) in [4.78, 5) is 14.4. The lowest BCUT2D eigenvalue weighted by molar-refractivity contribution is -0.138. The van der Waals surface area contributed by atoms with Crippen LogP contribution >= 0.6 is 0 Å². The molecule has 0 spiro atoms. The number of carbonyl (C=O) groups is 1. The highest BCUT2D eigenvalue weighted by Crippen LogP contribution is 2.30. The average molecular weight is 210 g/mol. The Morgan fingerprint density at radius 2 is 2.07 bits per heavy atom. The molecule has 2 rings (SSSR count). The molecule has 2 aliphatic rings. The number of carbonyl (C=O) groups excluding carboxylic acids is 1. The monoisotopic (exact) mass is 210 g/mol. The normalized spacial score (nSPS) is 26.7. The summed E-state index contributed by atoms with van der Waals surface area (Å²) in [6.07, 6.45) is 4.64. The van der Waals surface area contributed by atoms with Crippen LogP contribution in [-0.2, 0) is 4.79 Å². The molecule has 1 amide bonds. The minimum absolute atomic E-state index is 0.238. The van der Waals surface area contributed by atoms with Gasteiger partial charge < -0.3 is 10.2 Å². The summed E-state index contributed by atoms with van der Waals surface area (Å²) in [5.41, 5.74) is 0. The Hall–Kier alpha value is -0.570. The zero-order valence-electron chi connectivity index (χ0n) is 9.83. The predicted octanol–water partition coefficient (Wildman–Crippen LogP) is 1.39. The standard InChI is InChI=1S/C12H22N2O/c1-9(2)14(11-5-6-11)12(15)10-4-3-7-13-8-10/h9-11,13H,3-8H2,1-2H3. The van der Waals surface area contributed by atoms with Crippen molar-refractivity contribution in [3.63, 3.8) is 0 Å². The van der Waals surface area contributed by atoms with Gasteiger partial charge in [0.25, 0.3) is 0 Å². The lowest BCUT2D eigenvalue weighted by Gasteiger charge is -2.32. The number of hydrogen-bond acceptors (Lipinski definition) is 2. The van der Waals surface area contributed by atoms with Crippen molar-refractivity contribution in [1.29, 1.82) is 0 Å². The summed E-state index contributed by atoms with van der Waals surface area (Å²) in [5.74, 6) is 0.626. The summed E-state index contributed by atoms with van der Waals surface area (Å²) in [7, 11) is 0. The molecule has 0 bridgehead atoms. The molecule has 2 fully saturated rings. The Morgan fingerprint density at radius 1 is 1.33 bits per heavy atom. The van der Waals surface area contributed by atoms with E-state index in [4.69, 9.17) is 0 Å². The second-order valence-electron chi connectivity index (χ2n) is 5.11. The highest BCUT2D eigenvalue weighted by atomic mass is 16.2. The minimum atomic E-state index is 0.238. The maximum atomic E-state index is 12.3. The molecule has 1 N–H and O–H groups in total. The molecule has 1 unspecified atom stereocenters. The zero-order valence-corrected chi connectivity index (χ0v) is 9.83. The van der Waals surface area contributed by atoms with Crippen molar-refractivity contribution < 1.29 is 4.79 Å². The fraction of sp³-hybridized carbons (Fsp3) is 0.917. The summed E-state index contributed by atoms with van der Waals surface area (Å²) >= 11 is 0. The van der Waals surface area contributed by atoms with Crippen LogP contribution in [0.25, 0.3) is 0 Å². The van der Waals surface area contributed by atoms with E-state index in [0.29, 0.717) is 18.0 Å². The third-order valence-electron chi connectivity index (χ3n) is 3.40. The maximum absolute atomic E-state index is 12.3. The predicted molar refractivity (Wildman–Crippen MR) is 60.6 cm³/mol. The molecule has 3 heteroatoms. The SMILES string of the molecule is CC(C)N(C(=O)C1CCCNC1)C1CC1. The first-order valence-electron chi connectivity index (χ1n) is 6.23. The lowest BCUT2D eigenvalue weighted by atomic mass is 9.97. The van der Waals surface area contributed by atoms with Crippen LogP contribution < -0.4 is 5.32 Å². The van der Waals surface area contributed by atoms with Crippen LogP contribution in [-0.4, -0.2) is 36.0 Å². The van der Waals surface area contributed by atoms with Crippen LogP contribution in [0.15, 0.2) is 0 Å². The molecule has 86 valence electrons. The highest BCUT2D eigenvalue weighted by molar-refractivity contribution is 5.80. The molecule has 0 aromatic rings. The molecule has 0 aromatic carbocycles. The van der Waals surface area contributed by atoms with Crippen LogP contribution in [0.4, 0.5) is 0 Å². The van der Waals surface area contributed by atoms with Crippen molar-refractivity contribution in [1.82, 2.24) is 10.2 Å². The van der Waals surface area contributed by atoms with E-state index in [1.165, 1.54) is 12.8 Å². The van der Waals surface area contributed by atoms with Crippen molar-refractivity contribution in [3.05, 3.63) is 0 Å². The van der Waals surface area contributed by atoms with Crippen molar-refractivity contribution in [2.24, 2.45) is 5.92 Å². The molecule has 3 nitrogen and oxygen atoms in total. The van der Waals surface area contributed by atoms with Gasteiger partial charge in [0.1, 0.15) is 0 Å². The van der Waals surface area contributed by atoms with E-state index in [-0.39, 0.29) is 5.92 Å². The molecule has 15 heavy (non-hydrogen) atoms. The van der Waals surface area contributed by atoms with E-state index in [1.807, 2.05) is 0 Å². The average Bonchev–Trinajstić information content (AvgIpc) is 3.03. The van der Waals surface area contributed by atoms with Crippen LogP contribution in [0.3, 0.4) is 0 Å². The van der Waals surface area contributed by atoms with Gasteiger partial charge >= 0.3 is 0 Å². The van der Waals surface area contributed by atoms with Crippen LogP contribution in [0.2, 0.25) is 0 Å². The van der Waals surface area contributed by atoms with Gasteiger partial charge in [0.2, 0.25) is 5.91 Å². The Bertz CT molecular complexity index is 228. The third kappa shape index (κ3) is 2.51. The van der Waals surface area contributed by atoms with Crippen molar-refractivity contribution in [3.8, 4) is 0 Å². The number of piperidine rings is 1. The fourth-order valence-corrected chi connectivity index (χ4v) is 2.48. The summed E-state index contributed by atoms with van der Waals surface area (Å²) < 4.78 is 0. The molecular weight excluding hydrogens is 188 g/mol. The smallest absolute Gasteiger partial charge is 0.227 e. The van der Waals surface area contributed by atoms with Gasteiger partial charge in [0.15, 0.2) is 0 Å². The van der Waals surface area contributed by atoms with Crippen molar-refractivity contribution in [2.75, 3.05) is 13.1 Å². The van der Waals surface area contributed by atoms with E-state index in [9.17, 15) is 4.79 Å². The van der Waals surface area contributed by atoms with Gasteiger partial charge in [0, 0.05) is 18.6 Å². The maximum Gasteiger partial charge on any atom is 0.227 e. The first kappa shape index (κ1) is 10.9. The summed E-state index contributed by atoms with van der Waals surface area (Å²) in [6, 6.07) is 0.923. The van der Waals surface area contributed by atoms with Crippen LogP contribution in [0.1, 0.15) is 39.5 Å². The van der Waals surface area contributed by atoms with Gasteiger partial charge in [-0.1, -0.05) is 0 Å². The molecule has 1 saturated heterocycles. The molecular formula is C12H22N2O. The lowest BCUT2D eigenvalue weighted by Crippen LogP contribution is -2.46. The van der Waals surface area contributed by atoms with E-state index in [0.717, 1.165) is 25.9 Å². The van der Waals surface area contributed by atoms with Crippen LogP contribution in [0.5, 0.6) is 0 Å². The quantitative estimate of drug-likeness (QED) is 0.763. The Labute approximate surface area is 92.2 Å². The van der Waals surface area contributed by atoms with Gasteiger partial charge in [-0.15, -0.1) is 0 Å². The van der Waals surface area contributed by atoms with E-state index in [2.05, 4.69) is 24.1 Å². The van der Waals surface area contributed by atoms with E-state index < -0.39 is 0 Å². The molecule has 1 atom stereocenters. The molecule has 1 aliphatic heterocycles. The van der Waals surface area contributed by atoms with Gasteiger partial charge in [-0.2, -0.15) is 0 Å². The number of nitrogens with one attached hydrogen (secondary N) is 1. The van der Waals surface area contributed by atoms with Gasteiger partial charge in [0.05, 0.1) is 5.92 Å². The summed E-state index contributed by atoms with van der Waals surface area (Å²) in [5, 5.41) is 3.32. The highest BCUT2D eigenvalue weighted by Gasteiger charge is 2.37. The fourth-order valence-electron chi connectivity index (χ4n) is 2.48. The zero-order chi connectivity index (χ0) is 10.8. The molecule has 0 radical (unpaired) electrons. The Morgan fingerprint density at radius 3 is 2.53 bits per heavy atom. The minimum Gasteiger partial charge on any atom is -0.337 e. The molecule has 1 aliphatic carbocycles. The Balaban J connectivity index is 1.96. The second kappa shape index (κ2) is 4.52. The molecule has 0 aromatic heterocycles. The first-order valence-corrected chi connectivity index (χ1v) is 6.23. The second-order valence-corrected chi connectivity index (χ2v) is 5.11. The van der Waals surface area contributed by atoms with E-state index in [1.54, 1.807) is 0 Å². The first-order chi connectivity index (χ1) is 7.20. The molecule has 1 heterocycles. The number of hydrogen-bond donors (Lipinski definition) is 1. The van der Waals surface area contributed by atoms with Gasteiger partial charge in [-0.25, -0.2) is 0 Å². The third-order valence-corrected chi connectivity index (χ3v) is 3.40. The molecule has 1 saturated carbocycles. The number of amides is 1. The summed E-state index contributed by atoms with van der Waals surface area (Å²) in [6.45, 7) is 6.22. The number of nitrogens with zero attached hydrogens (tertiary/aromatic N) is 1. The van der Waals surface area contributed by atoms with E-state index >= 15 is 0 Å². The van der Waals surface area contributed by atoms with Crippen molar-refractivity contribution >= 4 is 5.91 Å². The van der Waals surface area contributed by atoms with Gasteiger partial charge in [-0.3, -0.25) is 4.79 Å². The van der Waals surface area contributed by atoms with Crippen molar-refractivity contribution in [2.45, 2.75) is 51.6 Å². The number of rotatable bonds is 3. The Kier molecular flexibility index (Phi) is 3.29.